The third-order valence-electron chi connectivity index (χ3n) is 4.74. The summed E-state index contributed by atoms with van der Waals surface area (Å²) in [5.74, 6) is 0.0931. The number of anilines is 3. The van der Waals surface area contributed by atoms with E-state index in [4.69, 9.17) is 0 Å². The van der Waals surface area contributed by atoms with Gasteiger partial charge >= 0.3 is 0 Å². The van der Waals surface area contributed by atoms with Crippen molar-refractivity contribution in [1.29, 1.82) is 0 Å². The lowest BCUT2D eigenvalue weighted by molar-refractivity contribution is -0.117. The summed E-state index contributed by atoms with van der Waals surface area (Å²) in [5, 5.41) is 6.19. The van der Waals surface area contributed by atoms with Crippen molar-refractivity contribution in [3.8, 4) is 0 Å². The normalized spacial score (nSPS) is 15.0. The van der Waals surface area contributed by atoms with Crippen LogP contribution >= 0.6 is 0 Å². The van der Waals surface area contributed by atoms with Crippen LogP contribution in [0.4, 0.5) is 17.1 Å². The SMILES string of the molecule is Cc1ccccc1NC(=O)C(C)Nc1ccc(N2CCCC2=O)c(C)c1. The van der Waals surface area contributed by atoms with E-state index >= 15 is 0 Å². The zero-order valence-corrected chi connectivity index (χ0v) is 15.5. The van der Waals surface area contributed by atoms with Crippen LogP contribution in [0.5, 0.6) is 0 Å². The minimum atomic E-state index is -0.381. The summed E-state index contributed by atoms with van der Waals surface area (Å²) in [6.45, 7) is 6.57. The quantitative estimate of drug-likeness (QED) is 0.860. The fourth-order valence-corrected chi connectivity index (χ4v) is 3.22. The van der Waals surface area contributed by atoms with Crippen LogP contribution in [0.25, 0.3) is 0 Å². The molecule has 0 aromatic heterocycles. The number of hydrogen-bond acceptors (Lipinski definition) is 3. The predicted molar refractivity (Wildman–Crippen MR) is 106 cm³/mol. The molecule has 2 amide bonds. The topological polar surface area (TPSA) is 61.4 Å². The van der Waals surface area contributed by atoms with E-state index in [0.717, 1.165) is 41.2 Å². The van der Waals surface area contributed by atoms with Crippen LogP contribution in [0.2, 0.25) is 0 Å². The summed E-state index contributed by atoms with van der Waals surface area (Å²) >= 11 is 0. The Balaban J connectivity index is 1.66. The Morgan fingerprint density at radius 2 is 1.88 bits per heavy atom. The molecule has 0 saturated carbocycles. The molecule has 5 heteroatoms. The molecular weight excluding hydrogens is 326 g/mol. The van der Waals surface area contributed by atoms with Crippen LogP contribution in [0.1, 0.15) is 30.9 Å². The van der Waals surface area contributed by atoms with Crippen LogP contribution in [0.15, 0.2) is 42.5 Å². The van der Waals surface area contributed by atoms with Gasteiger partial charge in [-0.05, 0) is 62.6 Å². The molecule has 1 saturated heterocycles. The highest BCUT2D eigenvalue weighted by Gasteiger charge is 2.23. The highest BCUT2D eigenvalue weighted by Crippen LogP contribution is 2.27. The molecule has 1 aliphatic rings. The predicted octanol–water partition coefficient (Wildman–Crippen LogP) is 3.87. The van der Waals surface area contributed by atoms with Crippen molar-refractivity contribution in [3.05, 3.63) is 53.6 Å². The smallest absolute Gasteiger partial charge is 0.246 e. The van der Waals surface area contributed by atoms with Gasteiger partial charge in [-0.25, -0.2) is 0 Å². The molecule has 2 aromatic rings. The fourth-order valence-electron chi connectivity index (χ4n) is 3.22. The van der Waals surface area contributed by atoms with Crippen molar-refractivity contribution < 1.29 is 9.59 Å². The zero-order chi connectivity index (χ0) is 18.7. The van der Waals surface area contributed by atoms with Crippen molar-refractivity contribution in [2.24, 2.45) is 0 Å². The van der Waals surface area contributed by atoms with Crippen molar-refractivity contribution in [3.63, 3.8) is 0 Å². The summed E-state index contributed by atoms with van der Waals surface area (Å²) in [5.41, 5.74) is 4.70. The van der Waals surface area contributed by atoms with E-state index in [1.165, 1.54) is 0 Å². The first-order valence-corrected chi connectivity index (χ1v) is 9.00. The summed E-state index contributed by atoms with van der Waals surface area (Å²) in [6, 6.07) is 13.2. The summed E-state index contributed by atoms with van der Waals surface area (Å²) in [4.78, 5) is 26.2. The minimum absolute atomic E-state index is 0.0873. The zero-order valence-electron chi connectivity index (χ0n) is 15.5. The second kappa shape index (κ2) is 7.60. The third-order valence-corrected chi connectivity index (χ3v) is 4.74. The summed E-state index contributed by atoms with van der Waals surface area (Å²) in [7, 11) is 0. The first-order chi connectivity index (χ1) is 12.5. The summed E-state index contributed by atoms with van der Waals surface area (Å²) < 4.78 is 0. The number of nitrogens with one attached hydrogen (secondary N) is 2. The average Bonchev–Trinajstić information content (AvgIpc) is 3.03. The van der Waals surface area contributed by atoms with Gasteiger partial charge in [-0.3, -0.25) is 9.59 Å². The van der Waals surface area contributed by atoms with Crippen LogP contribution in [0.3, 0.4) is 0 Å². The van der Waals surface area contributed by atoms with E-state index in [0.29, 0.717) is 6.42 Å². The van der Waals surface area contributed by atoms with Gasteiger partial charge in [0.2, 0.25) is 11.8 Å². The lowest BCUT2D eigenvalue weighted by Crippen LogP contribution is -2.32. The van der Waals surface area contributed by atoms with Gasteiger partial charge in [0.15, 0.2) is 0 Å². The Bertz CT molecular complexity index is 832. The number of para-hydroxylation sites is 1. The lowest BCUT2D eigenvalue weighted by Gasteiger charge is -2.21. The van der Waals surface area contributed by atoms with Crippen molar-refractivity contribution in [1.82, 2.24) is 0 Å². The van der Waals surface area contributed by atoms with Gasteiger partial charge in [0.05, 0.1) is 0 Å². The second-order valence-electron chi connectivity index (χ2n) is 6.82. The van der Waals surface area contributed by atoms with Gasteiger partial charge in [-0.15, -0.1) is 0 Å². The molecule has 5 nitrogen and oxygen atoms in total. The molecule has 2 N–H and O–H groups in total. The van der Waals surface area contributed by atoms with Gasteiger partial charge in [0.1, 0.15) is 6.04 Å². The Morgan fingerprint density at radius 1 is 1.12 bits per heavy atom. The molecule has 0 bridgehead atoms. The van der Waals surface area contributed by atoms with Crippen molar-refractivity contribution in [2.75, 3.05) is 22.1 Å². The maximum atomic E-state index is 12.4. The number of carbonyl (C=O) groups is 2. The van der Waals surface area contributed by atoms with Gasteiger partial charge in [-0.2, -0.15) is 0 Å². The van der Waals surface area contributed by atoms with E-state index in [-0.39, 0.29) is 17.9 Å². The number of carbonyl (C=O) groups excluding carboxylic acids is 2. The Morgan fingerprint density at radius 3 is 2.54 bits per heavy atom. The second-order valence-corrected chi connectivity index (χ2v) is 6.82. The Hall–Kier alpha value is -2.82. The van der Waals surface area contributed by atoms with E-state index in [9.17, 15) is 9.59 Å². The van der Waals surface area contributed by atoms with Gasteiger partial charge < -0.3 is 15.5 Å². The molecule has 0 aliphatic carbocycles. The third kappa shape index (κ3) is 3.87. The average molecular weight is 351 g/mol. The molecule has 0 radical (unpaired) electrons. The molecule has 3 rings (SSSR count). The molecular formula is C21H25N3O2. The fraction of sp³-hybridized carbons (Fsp3) is 0.333. The molecule has 26 heavy (non-hydrogen) atoms. The minimum Gasteiger partial charge on any atom is -0.374 e. The molecule has 2 aromatic carbocycles. The van der Waals surface area contributed by atoms with E-state index < -0.39 is 0 Å². The number of hydrogen-bond donors (Lipinski definition) is 2. The van der Waals surface area contributed by atoms with Crippen LogP contribution in [-0.2, 0) is 9.59 Å². The lowest BCUT2D eigenvalue weighted by atomic mass is 10.1. The molecule has 0 spiro atoms. The van der Waals surface area contributed by atoms with Crippen LogP contribution < -0.4 is 15.5 Å². The van der Waals surface area contributed by atoms with Crippen LogP contribution in [-0.4, -0.2) is 24.4 Å². The molecule has 1 heterocycles. The monoisotopic (exact) mass is 351 g/mol. The number of rotatable bonds is 5. The van der Waals surface area contributed by atoms with E-state index in [1.54, 1.807) is 0 Å². The number of benzene rings is 2. The highest BCUT2D eigenvalue weighted by molar-refractivity contribution is 5.97. The maximum absolute atomic E-state index is 12.4. The molecule has 1 unspecified atom stereocenters. The molecule has 136 valence electrons. The first kappa shape index (κ1) is 18.0. The summed E-state index contributed by atoms with van der Waals surface area (Å²) in [6.07, 6.45) is 1.53. The van der Waals surface area contributed by atoms with Crippen LogP contribution in [0, 0.1) is 13.8 Å². The van der Waals surface area contributed by atoms with Gasteiger partial charge in [0, 0.05) is 30.0 Å². The molecule has 1 aliphatic heterocycles. The molecule has 1 atom stereocenters. The van der Waals surface area contributed by atoms with E-state index in [1.807, 2.05) is 68.1 Å². The number of nitrogens with zero attached hydrogens (tertiary/aromatic N) is 1. The Kier molecular flexibility index (Phi) is 5.26. The molecule has 1 fully saturated rings. The Labute approximate surface area is 154 Å². The van der Waals surface area contributed by atoms with Crippen molar-refractivity contribution >= 4 is 28.9 Å². The van der Waals surface area contributed by atoms with Crippen molar-refractivity contribution in [2.45, 2.75) is 39.7 Å². The number of aryl methyl sites for hydroxylation is 2. The maximum Gasteiger partial charge on any atom is 0.246 e. The van der Waals surface area contributed by atoms with Gasteiger partial charge in [-0.1, -0.05) is 18.2 Å². The van der Waals surface area contributed by atoms with Gasteiger partial charge in [0.25, 0.3) is 0 Å². The first-order valence-electron chi connectivity index (χ1n) is 9.00. The number of amides is 2. The highest BCUT2D eigenvalue weighted by atomic mass is 16.2. The largest absolute Gasteiger partial charge is 0.374 e. The van der Waals surface area contributed by atoms with E-state index in [2.05, 4.69) is 10.6 Å². The standard InChI is InChI=1S/C21H25N3O2/c1-14-7-4-5-8-18(14)23-21(26)16(3)22-17-10-11-19(15(2)13-17)24-12-6-9-20(24)25/h4-5,7-8,10-11,13,16,22H,6,9,12H2,1-3H3,(H,23,26).